The Balaban J connectivity index is 1.72. The van der Waals surface area contributed by atoms with Gasteiger partial charge < -0.3 is 10.1 Å². The molecule has 1 aromatic rings. The summed E-state index contributed by atoms with van der Waals surface area (Å²) in [7, 11) is 0. The molecule has 0 unspecified atom stereocenters. The smallest absolute Gasteiger partial charge is 0.211 e. The molecule has 1 aromatic carbocycles. The van der Waals surface area contributed by atoms with Crippen LogP contribution in [0.25, 0.3) is 0 Å². The molecule has 1 N–H and O–H groups in total. The van der Waals surface area contributed by atoms with Crippen LogP contribution in [0.1, 0.15) is 12.8 Å². The highest BCUT2D eigenvalue weighted by Crippen LogP contribution is 2.15. The maximum Gasteiger partial charge on any atom is 0.211 e. The third-order valence-electron chi connectivity index (χ3n) is 2.95. The molecule has 0 atom stereocenters. The number of nitrogens with zero attached hydrogens (tertiary/aromatic N) is 1. The maximum atomic E-state index is 10.2. The second kappa shape index (κ2) is 6.25. The Labute approximate surface area is 102 Å². The van der Waals surface area contributed by atoms with E-state index in [9.17, 15) is 4.79 Å². The summed E-state index contributed by atoms with van der Waals surface area (Å²) < 4.78 is 5.64. The molecule has 1 aliphatic rings. The highest BCUT2D eigenvalue weighted by atomic mass is 16.5. The van der Waals surface area contributed by atoms with Crippen molar-refractivity contribution in [3.05, 3.63) is 24.3 Å². The number of rotatable bonds is 6. The predicted octanol–water partition coefficient (Wildman–Crippen LogP) is 1.73. The first kappa shape index (κ1) is 11.9. The van der Waals surface area contributed by atoms with Crippen LogP contribution in [0.5, 0.6) is 5.75 Å². The molecule has 0 aliphatic carbocycles. The number of likely N-dealkylation sites (tertiary alicyclic amines) is 1. The van der Waals surface area contributed by atoms with Crippen LogP contribution < -0.4 is 10.1 Å². The van der Waals surface area contributed by atoms with Gasteiger partial charge in [0.2, 0.25) is 6.41 Å². The zero-order chi connectivity index (χ0) is 11.9. The standard InChI is InChI=1S/C13H18N2O2/c16-11-14-12-3-5-13(6-4-12)17-10-9-15-7-1-2-8-15/h3-6,11H,1-2,7-10H2,(H,14,16). The third-order valence-corrected chi connectivity index (χ3v) is 2.95. The zero-order valence-corrected chi connectivity index (χ0v) is 9.89. The van der Waals surface area contributed by atoms with Crippen molar-refractivity contribution in [2.75, 3.05) is 31.6 Å². The predicted molar refractivity (Wildman–Crippen MR) is 67.3 cm³/mol. The lowest BCUT2D eigenvalue weighted by molar-refractivity contribution is -0.105. The van der Waals surface area contributed by atoms with Crippen molar-refractivity contribution in [1.82, 2.24) is 4.90 Å². The molecule has 1 fully saturated rings. The van der Waals surface area contributed by atoms with Crippen molar-refractivity contribution in [3.63, 3.8) is 0 Å². The van der Waals surface area contributed by atoms with Crippen LogP contribution in [0.15, 0.2) is 24.3 Å². The van der Waals surface area contributed by atoms with Gasteiger partial charge in [-0.15, -0.1) is 0 Å². The highest BCUT2D eigenvalue weighted by molar-refractivity contribution is 5.71. The van der Waals surface area contributed by atoms with E-state index in [0.29, 0.717) is 6.41 Å². The van der Waals surface area contributed by atoms with E-state index in [2.05, 4.69) is 10.2 Å². The van der Waals surface area contributed by atoms with E-state index in [1.807, 2.05) is 24.3 Å². The van der Waals surface area contributed by atoms with Gasteiger partial charge in [0.05, 0.1) is 0 Å². The molecule has 0 spiro atoms. The van der Waals surface area contributed by atoms with Crippen LogP contribution in [0.4, 0.5) is 5.69 Å². The van der Waals surface area contributed by atoms with Gasteiger partial charge in [-0.25, -0.2) is 0 Å². The molecule has 0 bridgehead atoms. The molecule has 1 saturated heterocycles. The van der Waals surface area contributed by atoms with E-state index < -0.39 is 0 Å². The lowest BCUT2D eigenvalue weighted by Gasteiger charge is -2.14. The number of amides is 1. The largest absolute Gasteiger partial charge is 0.492 e. The van der Waals surface area contributed by atoms with Gasteiger partial charge in [0, 0.05) is 12.2 Å². The lowest BCUT2D eigenvalue weighted by Crippen LogP contribution is -2.25. The Bertz CT molecular complexity index is 345. The second-order valence-electron chi connectivity index (χ2n) is 4.18. The Morgan fingerprint density at radius 1 is 1.24 bits per heavy atom. The van der Waals surface area contributed by atoms with Crippen LogP contribution >= 0.6 is 0 Å². The molecular formula is C13H18N2O2. The number of hydrogen-bond acceptors (Lipinski definition) is 3. The number of ether oxygens (including phenoxy) is 1. The van der Waals surface area contributed by atoms with Crippen LogP contribution in [0, 0.1) is 0 Å². The second-order valence-corrected chi connectivity index (χ2v) is 4.18. The number of carbonyl (C=O) groups is 1. The summed E-state index contributed by atoms with van der Waals surface area (Å²) >= 11 is 0. The summed E-state index contributed by atoms with van der Waals surface area (Å²) in [6, 6.07) is 7.41. The number of anilines is 1. The minimum Gasteiger partial charge on any atom is -0.492 e. The molecule has 1 aliphatic heterocycles. The topological polar surface area (TPSA) is 41.6 Å². The first-order valence-electron chi connectivity index (χ1n) is 6.04. The molecule has 1 amide bonds. The zero-order valence-electron chi connectivity index (χ0n) is 9.89. The summed E-state index contributed by atoms with van der Waals surface area (Å²) in [5.74, 6) is 0.848. The van der Waals surface area contributed by atoms with Crippen LogP contribution in [-0.2, 0) is 4.79 Å². The van der Waals surface area contributed by atoms with E-state index in [0.717, 1.165) is 24.6 Å². The fourth-order valence-corrected chi connectivity index (χ4v) is 2.01. The van der Waals surface area contributed by atoms with Gasteiger partial charge in [0.25, 0.3) is 0 Å². The molecule has 0 radical (unpaired) electrons. The summed E-state index contributed by atoms with van der Waals surface area (Å²) in [5.41, 5.74) is 0.784. The number of carbonyl (C=O) groups excluding carboxylic acids is 1. The van der Waals surface area contributed by atoms with Crippen molar-refractivity contribution in [2.24, 2.45) is 0 Å². The van der Waals surface area contributed by atoms with E-state index in [4.69, 9.17) is 4.74 Å². The van der Waals surface area contributed by atoms with Crippen LogP contribution in [0.3, 0.4) is 0 Å². The number of hydrogen-bond donors (Lipinski definition) is 1. The average molecular weight is 234 g/mol. The quantitative estimate of drug-likeness (QED) is 0.762. The summed E-state index contributed by atoms with van der Waals surface area (Å²) in [6.07, 6.45) is 3.29. The molecule has 17 heavy (non-hydrogen) atoms. The lowest BCUT2D eigenvalue weighted by atomic mass is 10.3. The molecule has 2 rings (SSSR count). The van der Waals surface area contributed by atoms with Crippen molar-refractivity contribution < 1.29 is 9.53 Å². The Morgan fingerprint density at radius 3 is 2.59 bits per heavy atom. The molecule has 0 saturated carbocycles. The minimum absolute atomic E-state index is 0.670. The summed E-state index contributed by atoms with van der Waals surface area (Å²) in [6.45, 7) is 4.12. The van der Waals surface area contributed by atoms with Crippen LogP contribution in [-0.4, -0.2) is 37.6 Å². The summed E-state index contributed by atoms with van der Waals surface area (Å²) in [4.78, 5) is 12.6. The van der Waals surface area contributed by atoms with Crippen molar-refractivity contribution in [3.8, 4) is 5.75 Å². The first-order valence-corrected chi connectivity index (χ1v) is 6.04. The first-order chi connectivity index (χ1) is 8.38. The highest BCUT2D eigenvalue weighted by Gasteiger charge is 2.10. The van der Waals surface area contributed by atoms with Gasteiger partial charge in [-0.1, -0.05) is 0 Å². The van der Waals surface area contributed by atoms with Gasteiger partial charge in [0.1, 0.15) is 12.4 Å². The normalized spacial score (nSPS) is 15.8. The Morgan fingerprint density at radius 2 is 1.94 bits per heavy atom. The fourth-order valence-electron chi connectivity index (χ4n) is 2.01. The Hall–Kier alpha value is -1.55. The van der Waals surface area contributed by atoms with Crippen molar-refractivity contribution in [1.29, 1.82) is 0 Å². The fraction of sp³-hybridized carbons (Fsp3) is 0.462. The summed E-state index contributed by atoms with van der Waals surface area (Å²) in [5, 5.41) is 2.59. The monoisotopic (exact) mass is 234 g/mol. The van der Waals surface area contributed by atoms with E-state index >= 15 is 0 Å². The molecule has 4 nitrogen and oxygen atoms in total. The Kier molecular flexibility index (Phi) is 4.38. The molecule has 1 heterocycles. The number of nitrogens with one attached hydrogen (secondary N) is 1. The van der Waals surface area contributed by atoms with Gasteiger partial charge in [0.15, 0.2) is 0 Å². The van der Waals surface area contributed by atoms with E-state index in [1.54, 1.807) is 0 Å². The molecule has 0 aromatic heterocycles. The minimum atomic E-state index is 0.670. The average Bonchev–Trinajstić information content (AvgIpc) is 2.85. The molecule has 4 heteroatoms. The molecular weight excluding hydrogens is 216 g/mol. The van der Waals surface area contributed by atoms with E-state index in [-0.39, 0.29) is 0 Å². The van der Waals surface area contributed by atoms with Crippen molar-refractivity contribution >= 4 is 12.1 Å². The third kappa shape index (κ3) is 3.75. The maximum absolute atomic E-state index is 10.2. The van der Waals surface area contributed by atoms with Gasteiger partial charge in [-0.3, -0.25) is 9.69 Å². The van der Waals surface area contributed by atoms with Gasteiger partial charge in [-0.05, 0) is 50.2 Å². The van der Waals surface area contributed by atoms with Crippen molar-refractivity contribution in [2.45, 2.75) is 12.8 Å². The van der Waals surface area contributed by atoms with Crippen LogP contribution in [0.2, 0.25) is 0 Å². The molecule has 92 valence electrons. The SMILES string of the molecule is O=CNc1ccc(OCCN2CCCC2)cc1. The van der Waals surface area contributed by atoms with Gasteiger partial charge >= 0.3 is 0 Å². The number of benzene rings is 1. The van der Waals surface area contributed by atoms with Gasteiger partial charge in [-0.2, -0.15) is 0 Å². The van der Waals surface area contributed by atoms with E-state index in [1.165, 1.54) is 25.9 Å².